The summed E-state index contributed by atoms with van der Waals surface area (Å²) in [6.45, 7) is 3.41. The number of rotatable bonds is 6. The van der Waals surface area contributed by atoms with Gasteiger partial charge in [-0.2, -0.15) is 9.90 Å². The van der Waals surface area contributed by atoms with E-state index in [0.29, 0.717) is 11.4 Å². The summed E-state index contributed by atoms with van der Waals surface area (Å²) in [6, 6.07) is 17.0. The maximum absolute atomic E-state index is 12.4. The summed E-state index contributed by atoms with van der Waals surface area (Å²) in [5.41, 5.74) is 3.06. The molecule has 0 aliphatic carbocycles. The van der Waals surface area contributed by atoms with Crippen LogP contribution in [0, 0.1) is 6.92 Å². The van der Waals surface area contributed by atoms with Crippen LogP contribution in [0.1, 0.15) is 35.4 Å². The third-order valence-electron chi connectivity index (χ3n) is 5.17. The molecule has 8 heteroatoms. The molecule has 2 heterocycles. The molecule has 1 aliphatic rings. The highest BCUT2D eigenvalue weighted by atomic mass is 16.5. The Balaban J connectivity index is 1.30. The van der Waals surface area contributed by atoms with E-state index in [0.717, 1.165) is 24.5 Å². The Bertz CT molecular complexity index is 1040. The highest BCUT2D eigenvalue weighted by Crippen LogP contribution is 2.21. The maximum atomic E-state index is 12.4. The van der Waals surface area contributed by atoms with Crippen molar-refractivity contribution in [1.29, 1.82) is 0 Å². The normalized spacial score (nSPS) is 13.6. The van der Waals surface area contributed by atoms with Crippen molar-refractivity contribution in [3.05, 3.63) is 66.0 Å². The summed E-state index contributed by atoms with van der Waals surface area (Å²) >= 11 is 0. The number of aryl methyl sites for hydroxylation is 1. The highest BCUT2D eigenvalue weighted by Gasteiger charge is 2.19. The molecule has 1 N–H and O–H groups in total. The first kappa shape index (κ1) is 20.6. The van der Waals surface area contributed by atoms with E-state index in [-0.39, 0.29) is 5.69 Å². The lowest BCUT2D eigenvalue weighted by Gasteiger charge is -2.28. The van der Waals surface area contributed by atoms with Gasteiger partial charge < -0.3 is 15.0 Å². The van der Waals surface area contributed by atoms with E-state index in [1.165, 1.54) is 24.1 Å². The molecule has 0 saturated carbocycles. The van der Waals surface area contributed by atoms with Crippen LogP contribution in [-0.2, 0) is 9.53 Å². The van der Waals surface area contributed by atoms with Gasteiger partial charge >= 0.3 is 5.97 Å². The standard InChI is InChI=1S/C23H25N5O3/c1-17-22(26-28(25-17)20-8-4-2-5-9-20)23(30)31-16-21(29)24-18-10-12-19(13-11-18)27-14-6-3-7-15-27/h2,4-5,8-13H,3,6-7,14-16H2,1H3,(H,24,29). The van der Waals surface area contributed by atoms with Gasteiger partial charge in [0.05, 0.1) is 11.4 Å². The van der Waals surface area contributed by atoms with Gasteiger partial charge in [-0.3, -0.25) is 4.79 Å². The molecule has 1 aliphatic heterocycles. The van der Waals surface area contributed by atoms with Crippen molar-refractivity contribution in [2.75, 3.05) is 29.9 Å². The second kappa shape index (κ2) is 9.42. The topological polar surface area (TPSA) is 89.4 Å². The number of nitrogens with one attached hydrogen (secondary N) is 1. The van der Waals surface area contributed by atoms with Crippen molar-refractivity contribution < 1.29 is 14.3 Å². The summed E-state index contributed by atoms with van der Waals surface area (Å²) in [4.78, 5) is 28.3. The minimum absolute atomic E-state index is 0.0857. The first-order valence-electron chi connectivity index (χ1n) is 10.4. The SMILES string of the molecule is Cc1nn(-c2ccccc2)nc1C(=O)OCC(=O)Nc1ccc(N2CCCCC2)cc1. The van der Waals surface area contributed by atoms with Gasteiger partial charge in [0, 0.05) is 24.5 Å². The van der Waals surface area contributed by atoms with Gasteiger partial charge in [-0.25, -0.2) is 4.79 Å². The van der Waals surface area contributed by atoms with Crippen LogP contribution in [0.2, 0.25) is 0 Å². The average Bonchev–Trinajstić information content (AvgIpc) is 3.21. The number of amides is 1. The summed E-state index contributed by atoms with van der Waals surface area (Å²) in [7, 11) is 0. The maximum Gasteiger partial charge on any atom is 0.361 e. The second-order valence-corrected chi connectivity index (χ2v) is 7.48. The third kappa shape index (κ3) is 5.09. The lowest BCUT2D eigenvalue weighted by atomic mass is 10.1. The molecule has 0 atom stereocenters. The molecule has 31 heavy (non-hydrogen) atoms. The monoisotopic (exact) mass is 419 g/mol. The van der Waals surface area contributed by atoms with Crippen LogP contribution in [0.5, 0.6) is 0 Å². The van der Waals surface area contributed by atoms with Gasteiger partial charge in [0.25, 0.3) is 5.91 Å². The summed E-state index contributed by atoms with van der Waals surface area (Å²) in [5.74, 6) is -1.09. The highest BCUT2D eigenvalue weighted by molar-refractivity contribution is 5.95. The summed E-state index contributed by atoms with van der Waals surface area (Å²) in [6.07, 6.45) is 3.70. The number of carbonyl (C=O) groups excluding carboxylic acids is 2. The van der Waals surface area contributed by atoms with E-state index in [1.54, 1.807) is 6.92 Å². The Morgan fingerprint density at radius 2 is 1.65 bits per heavy atom. The van der Waals surface area contributed by atoms with Gasteiger partial charge in [0.1, 0.15) is 0 Å². The van der Waals surface area contributed by atoms with Crippen molar-refractivity contribution in [2.45, 2.75) is 26.2 Å². The number of nitrogens with zero attached hydrogens (tertiary/aromatic N) is 4. The number of piperidine rings is 1. The molecule has 1 saturated heterocycles. The number of aromatic nitrogens is 3. The van der Waals surface area contributed by atoms with E-state index in [2.05, 4.69) is 20.4 Å². The van der Waals surface area contributed by atoms with Gasteiger partial charge in [0.2, 0.25) is 0 Å². The molecular weight excluding hydrogens is 394 g/mol. The zero-order valence-corrected chi connectivity index (χ0v) is 17.5. The van der Waals surface area contributed by atoms with Crippen LogP contribution in [0.15, 0.2) is 54.6 Å². The number of hydrogen-bond donors (Lipinski definition) is 1. The molecule has 4 rings (SSSR count). The quantitative estimate of drug-likeness (QED) is 0.616. The predicted octanol–water partition coefficient (Wildman–Crippen LogP) is 3.36. The summed E-state index contributed by atoms with van der Waals surface area (Å²) < 4.78 is 5.14. The van der Waals surface area contributed by atoms with E-state index in [4.69, 9.17) is 4.74 Å². The van der Waals surface area contributed by atoms with Crippen molar-refractivity contribution in [1.82, 2.24) is 15.0 Å². The van der Waals surface area contributed by atoms with Crippen LogP contribution < -0.4 is 10.2 Å². The molecule has 8 nitrogen and oxygen atoms in total. The van der Waals surface area contributed by atoms with E-state index >= 15 is 0 Å². The van der Waals surface area contributed by atoms with Crippen LogP contribution in [0.3, 0.4) is 0 Å². The lowest BCUT2D eigenvalue weighted by Crippen LogP contribution is -2.29. The smallest absolute Gasteiger partial charge is 0.361 e. The number of carbonyl (C=O) groups is 2. The largest absolute Gasteiger partial charge is 0.451 e. The van der Waals surface area contributed by atoms with Crippen molar-refractivity contribution in [3.63, 3.8) is 0 Å². The minimum atomic E-state index is -0.685. The first-order chi connectivity index (χ1) is 15.1. The van der Waals surface area contributed by atoms with Crippen LogP contribution in [0.4, 0.5) is 11.4 Å². The third-order valence-corrected chi connectivity index (χ3v) is 5.17. The molecule has 0 radical (unpaired) electrons. The molecule has 2 aromatic carbocycles. The molecule has 1 aromatic heterocycles. The zero-order valence-electron chi connectivity index (χ0n) is 17.5. The number of esters is 1. The lowest BCUT2D eigenvalue weighted by molar-refractivity contribution is -0.119. The fourth-order valence-electron chi connectivity index (χ4n) is 3.55. The molecule has 0 unspecified atom stereocenters. The Kier molecular flexibility index (Phi) is 6.26. The summed E-state index contributed by atoms with van der Waals surface area (Å²) in [5, 5.41) is 11.2. The first-order valence-corrected chi connectivity index (χ1v) is 10.4. The van der Waals surface area contributed by atoms with Crippen molar-refractivity contribution in [3.8, 4) is 5.69 Å². The van der Waals surface area contributed by atoms with Gasteiger partial charge in [0.15, 0.2) is 12.3 Å². The van der Waals surface area contributed by atoms with Crippen molar-refractivity contribution >= 4 is 23.3 Å². The van der Waals surface area contributed by atoms with E-state index < -0.39 is 18.5 Å². The second-order valence-electron chi connectivity index (χ2n) is 7.48. The Labute approximate surface area is 180 Å². The fourth-order valence-corrected chi connectivity index (χ4v) is 3.55. The number of ether oxygens (including phenoxy) is 1. The molecular formula is C23H25N5O3. The van der Waals surface area contributed by atoms with Gasteiger partial charge in [-0.05, 0) is 62.6 Å². The molecule has 1 fully saturated rings. The predicted molar refractivity (Wildman–Crippen MR) is 118 cm³/mol. The van der Waals surface area contributed by atoms with Crippen LogP contribution in [0.25, 0.3) is 5.69 Å². The molecule has 1 amide bonds. The van der Waals surface area contributed by atoms with Gasteiger partial charge in [-0.15, -0.1) is 5.10 Å². The zero-order chi connectivity index (χ0) is 21.6. The number of hydrogen-bond acceptors (Lipinski definition) is 6. The van der Waals surface area contributed by atoms with E-state index in [9.17, 15) is 9.59 Å². The molecule has 0 bridgehead atoms. The number of benzene rings is 2. The molecule has 160 valence electrons. The Morgan fingerprint density at radius 3 is 2.35 bits per heavy atom. The fraction of sp³-hybridized carbons (Fsp3) is 0.304. The number of para-hydroxylation sites is 1. The Morgan fingerprint density at radius 1 is 0.935 bits per heavy atom. The molecule has 0 spiro atoms. The van der Waals surface area contributed by atoms with E-state index in [1.807, 2.05) is 54.6 Å². The van der Waals surface area contributed by atoms with Crippen LogP contribution >= 0.6 is 0 Å². The number of anilines is 2. The van der Waals surface area contributed by atoms with Crippen molar-refractivity contribution in [2.24, 2.45) is 0 Å². The average molecular weight is 419 g/mol. The minimum Gasteiger partial charge on any atom is -0.451 e. The molecule has 3 aromatic rings. The van der Waals surface area contributed by atoms with Gasteiger partial charge in [-0.1, -0.05) is 18.2 Å². The Hall–Kier alpha value is -3.68. The van der Waals surface area contributed by atoms with Crippen LogP contribution in [-0.4, -0.2) is 46.6 Å².